The molecule has 2 aromatic heterocycles. The first-order valence-corrected chi connectivity index (χ1v) is 7.63. The van der Waals surface area contributed by atoms with Crippen LogP contribution in [0.25, 0.3) is 0 Å². The van der Waals surface area contributed by atoms with Gasteiger partial charge in [-0.25, -0.2) is 0 Å². The molecule has 1 unspecified atom stereocenters. The summed E-state index contributed by atoms with van der Waals surface area (Å²) in [5.74, 6) is 0. The van der Waals surface area contributed by atoms with Crippen molar-refractivity contribution < 1.29 is 0 Å². The number of hydrogen-bond acceptors (Lipinski definition) is 4. The van der Waals surface area contributed by atoms with Crippen molar-refractivity contribution >= 4 is 17.0 Å². The van der Waals surface area contributed by atoms with Gasteiger partial charge in [0.05, 0.1) is 11.9 Å². The maximum atomic E-state index is 5.66. The minimum absolute atomic E-state index is 0.531. The number of hydrogen-bond donors (Lipinski definition) is 1. The summed E-state index contributed by atoms with van der Waals surface area (Å²) < 4.78 is 0. The molecule has 0 fully saturated rings. The minimum Gasteiger partial charge on any atom is -0.397 e. The van der Waals surface area contributed by atoms with Crippen LogP contribution in [0.5, 0.6) is 0 Å². The molecule has 0 spiro atoms. The van der Waals surface area contributed by atoms with Gasteiger partial charge in [0.1, 0.15) is 0 Å². The summed E-state index contributed by atoms with van der Waals surface area (Å²) in [6.45, 7) is 4.53. The van der Waals surface area contributed by atoms with Crippen molar-refractivity contribution in [2.45, 2.75) is 25.8 Å². The second-order valence-corrected chi connectivity index (χ2v) is 6.09. The van der Waals surface area contributed by atoms with Gasteiger partial charge in [0, 0.05) is 36.1 Å². The highest BCUT2D eigenvalue weighted by Gasteiger charge is 2.24. The van der Waals surface area contributed by atoms with E-state index >= 15 is 0 Å². The normalized spacial score (nSPS) is 19.3. The number of nitrogens with two attached hydrogens (primary N) is 1. The Morgan fingerprint density at radius 2 is 2.32 bits per heavy atom. The van der Waals surface area contributed by atoms with Crippen LogP contribution in [0.15, 0.2) is 29.8 Å². The maximum absolute atomic E-state index is 5.66. The van der Waals surface area contributed by atoms with Crippen molar-refractivity contribution in [3.63, 3.8) is 0 Å². The number of aromatic nitrogens is 1. The van der Waals surface area contributed by atoms with Crippen LogP contribution in [-0.4, -0.2) is 23.0 Å². The number of thiophene rings is 1. The molecule has 2 aromatic rings. The van der Waals surface area contributed by atoms with Crippen LogP contribution in [0.4, 0.5) is 5.69 Å². The van der Waals surface area contributed by atoms with Gasteiger partial charge in [0.25, 0.3) is 0 Å². The summed E-state index contributed by atoms with van der Waals surface area (Å²) in [6.07, 6.45) is 3.92. The quantitative estimate of drug-likeness (QED) is 0.935. The zero-order valence-electron chi connectivity index (χ0n) is 11.2. The molecule has 3 heterocycles. The number of nitrogen functional groups attached to an aromatic ring is 1. The highest BCUT2D eigenvalue weighted by atomic mass is 32.1. The first-order valence-electron chi connectivity index (χ1n) is 6.75. The summed E-state index contributed by atoms with van der Waals surface area (Å²) in [4.78, 5) is 8.49. The van der Waals surface area contributed by atoms with Gasteiger partial charge >= 0.3 is 0 Å². The molecule has 19 heavy (non-hydrogen) atoms. The van der Waals surface area contributed by atoms with Gasteiger partial charge in [-0.1, -0.05) is 0 Å². The number of fused-ring (bicyclic) bond motifs is 1. The first kappa shape index (κ1) is 12.6. The van der Waals surface area contributed by atoms with Crippen LogP contribution in [0.3, 0.4) is 0 Å². The van der Waals surface area contributed by atoms with Crippen LogP contribution in [0.2, 0.25) is 0 Å². The summed E-state index contributed by atoms with van der Waals surface area (Å²) in [5, 5.41) is 2.21. The predicted molar refractivity (Wildman–Crippen MR) is 80.4 cm³/mol. The molecular formula is C15H19N3S. The lowest BCUT2D eigenvalue weighted by molar-refractivity contribution is 0.202. The van der Waals surface area contributed by atoms with E-state index < -0.39 is 0 Å². The summed E-state index contributed by atoms with van der Waals surface area (Å²) >= 11 is 1.89. The van der Waals surface area contributed by atoms with Crippen LogP contribution in [0, 0.1) is 0 Å². The lowest BCUT2D eigenvalue weighted by Crippen LogP contribution is -2.34. The predicted octanol–water partition coefficient (Wildman–Crippen LogP) is 2.89. The van der Waals surface area contributed by atoms with E-state index in [9.17, 15) is 0 Å². The Bertz CT molecular complexity index is 547. The van der Waals surface area contributed by atoms with E-state index in [1.54, 1.807) is 11.1 Å². The van der Waals surface area contributed by atoms with Gasteiger partial charge in [-0.2, -0.15) is 0 Å². The van der Waals surface area contributed by atoms with E-state index in [0.717, 1.165) is 30.9 Å². The molecule has 1 aliphatic rings. The van der Waals surface area contributed by atoms with Gasteiger partial charge < -0.3 is 5.73 Å². The van der Waals surface area contributed by atoms with E-state index in [-0.39, 0.29) is 0 Å². The second kappa shape index (κ2) is 5.31. The molecule has 0 aliphatic carbocycles. The fourth-order valence-electron chi connectivity index (χ4n) is 2.71. The first-order chi connectivity index (χ1) is 9.24. The molecule has 0 aromatic carbocycles. The minimum atomic E-state index is 0.531. The fraction of sp³-hybridized carbons (Fsp3) is 0.400. The SMILES string of the molecule is CC1c2ccsc2CCN1CCc1ccc(N)cn1. The molecule has 3 nitrogen and oxygen atoms in total. The Morgan fingerprint density at radius 3 is 3.11 bits per heavy atom. The molecule has 0 bridgehead atoms. The van der Waals surface area contributed by atoms with Crippen molar-refractivity contribution in [1.82, 2.24) is 9.88 Å². The highest BCUT2D eigenvalue weighted by Crippen LogP contribution is 2.32. The van der Waals surface area contributed by atoms with Crippen LogP contribution < -0.4 is 5.73 Å². The average Bonchev–Trinajstić information content (AvgIpc) is 2.89. The topological polar surface area (TPSA) is 42.1 Å². The van der Waals surface area contributed by atoms with Gasteiger partial charge in [-0.15, -0.1) is 11.3 Å². The molecule has 0 radical (unpaired) electrons. The van der Waals surface area contributed by atoms with E-state index in [4.69, 9.17) is 5.73 Å². The van der Waals surface area contributed by atoms with Crippen molar-refractivity contribution in [1.29, 1.82) is 0 Å². The molecular weight excluding hydrogens is 254 g/mol. The Kier molecular flexibility index (Phi) is 3.53. The largest absolute Gasteiger partial charge is 0.397 e. The van der Waals surface area contributed by atoms with Crippen molar-refractivity contribution in [2.75, 3.05) is 18.8 Å². The lowest BCUT2D eigenvalue weighted by atomic mass is 10.0. The highest BCUT2D eigenvalue weighted by molar-refractivity contribution is 7.10. The van der Waals surface area contributed by atoms with E-state index in [1.165, 1.54) is 12.0 Å². The molecule has 1 atom stereocenters. The molecule has 0 saturated heterocycles. The van der Waals surface area contributed by atoms with Gasteiger partial charge in [0.15, 0.2) is 0 Å². The monoisotopic (exact) mass is 273 g/mol. The second-order valence-electron chi connectivity index (χ2n) is 5.09. The Morgan fingerprint density at radius 1 is 1.42 bits per heavy atom. The van der Waals surface area contributed by atoms with E-state index in [2.05, 4.69) is 28.3 Å². The fourth-order valence-corrected chi connectivity index (χ4v) is 3.67. The standard InChI is InChI=1S/C15H19N3S/c1-11-14-6-9-19-15(14)5-8-18(11)7-4-13-3-2-12(16)10-17-13/h2-3,6,9-11H,4-5,7-8,16H2,1H3. The molecule has 0 amide bonds. The van der Waals surface area contributed by atoms with Crippen LogP contribution in [0.1, 0.15) is 29.1 Å². The van der Waals surface area contributed by atoms with Gasteiger partial charge in [-0.05, 0) is 42.5 Å². The number of rotatable bonds is 3. The van der Waals surface area contributed by atoms with Crippen molar-refractivity contribution in [3.05, 3.63) is 45.9 Å². The number of pyridine rings is 1. The summed E-state index contributed by atoms with van der Waals surface area (Å²) in [6, 6.07) is 6.76. The molecule has 2 N–H and O–H groups in total. The Labute approximate surface area is 118 Å². The third-order valence-electron chi connectivity index (χ3n) is 3.91. The third kappa shape index (κ3) is 2.65. The van der Waals surface area contributed by atoms with Crippen molar-refractivity contribution in [2.24, 2.45) is 0 Å². The van der Waals surface area contributed by atoms with Gasteiger partial charge in [-0.3, -0.25) is 9.88 Å². The van der Waals surface area contributed by atoms with Crippen molar-refractivity contribution in [3.8, 4) is 0 Å². The van der Waals surface area contributed by atoms with Crippen LogP contribution in [-0.2, 0) is 12.8 Å². The van der Waals surface area contributed by atoms with E-state index in [1.807, 2.05) is 23.5 Å². The molecule has 0 saturated carbocycles. The molecule has 1 aliphatic heterocycles. The molecule has 4 heteroatoms. The zero-order valence-corrected chi connectivity index (χ0v) is 12.0. The summed E-state index contributed by atoms with van der Waals surface area (Å²) in [7, 11) is 0. The van der Waals surface area contributed by atoms with E-state index in [0.29, 0.717) is 6.04 Å². The van der Waals surface area contributed by atoms with Gasteiger partial charge in [0.2, 0.25) is 0 Å². The molecule has 3 rings (SSSR count). The zero-order chi connectivity index (χ0) is 13.2. The number of anilines is 1. The Hall–Kier alpha value is -1.39. The third-order valence-corrected chi connectivity index (χ3v) is 4.90. The summed E-state index contributed by atoms with van der Waals surface area (Å²) in [5.41, 5.74) is 9.03. The van der Waals surface area contributed by atoms with Crippen LogP contribution >= 0.6 is 11.3 Å². The maximum Gasteiger partial charge on any atom is 0.0501 e. The lowest BCUT2D eigenvalue weighted by Gasteiger charge is -2.33. The Balaban J connectivity index is 1.64. The molecule has 100 valence electrons. The average molecular weight is 273 g/mol. The smallest absolute Gasteiger partial charge is 0.0501 e. The number of nitrogens with zero attached hydrogens (tertiary/aromatic N) is 2.